The van der Waals surface area contributed by atoms with Gasteiger partial charge in [0.15, 0.2) is 0 Å². The highest BCUT2D eigenvalue weighted by Crippen LogP contribution is 2.26. The largest absolute Gasteiger partial charge is 0.356 e. The van der Waals surface area contributed by atoms with Crippen molar-refractivity contribution in [2.45, 2.75) is 45.0 Å². The zero-order chi connectivity index (χ0) is 14.6. The first-order chi connectivity index (χ1) is 8.79. The Bertz CT molecular complexity index is 415. The summed E-state index contributed by atoms with van der Waals surface area (Å²) < 4.78 is 0. The van der Waals surface area contributed by atoms with Crippen molar-refractivity contribution < 1.29 is 0 Å². The minimum atomic E-state index is 0.0421. The molecule has 0 saturated heterocycles. The van der Waals surface area contributed by atoms with Crippen LogP contribution in [0.25, 0.3) is 0 Å². The van der Waals surface area contributed by atoms with E-state index in [1.807, 2.05) is 11.8 Å². The average Bonchev–Trinajstić information content (AvgIpc) is 2.36. The summed E-state index contributed by atoms with van der Waals surface area (Å²) in [6.07, 6.45) is 2.13. The Kier molecular flexibility index (Phi) is 6.00. The summed E-state index contributed by atoms with van der Waals surface area (Å²) in [5.74, 6) is 2.64. The van der Waals surface area contributed by atoms with E-state index in [1.165, 1.54) is 0 Å². The molecule has 0 aliphatic rings. The molecule has 0 radical (unpaired) electrons. The Labute approximate surface area is 126 Å². The van der Waals surface area contributed by atoms with Gasteiger partial charge in [-0.1, -0.05) is 20.8 Å². The lowest BCUT2D eigenvalue weighted by atomic mass is 9.91. The van der Waals surface area contributed by atoms with Gasteiger partial charge in [0.2, 0.25) is 0 Å². The second-order valence-corrected chi connectivity index (χ2v) is 7.20. The fourth-order valence-corrected chi connectivity index (χ4v) is 2.65. The summed E-state index contributed by atoms with van der Waals surface area (Å²) in [6.45, 7) is 8.77. The molecule has 1 aromatic rings. The van der Waals surface area contributed by atoms with Gasteiger partial charge in [0.25, 0.3) is 0 Å². The highest BCUT2D eigenvalue weighted by molar-refractivity contribution is 7.98. The van der Waals surface area contributed by atoms with Crippen LogP contribution in [0.3, 0.4) is 0 Å². The van der Waals surface area contributed by atoms with E-state index in [0.717, 1.165) is 22.8 Å². The number of hydrogen-bond acceptors (Lipinski definition) is 3. The van der Waals surface area contributed by atoms with Gasteiger partial charge in [0.05, 0.1) is 0 Å². The van der Waals surface area contributed by atoms with E-state index in [4.69, 9.17) is 16.6 Å². The van der Waals surface area contributed by atoms with Gasteiger partial charge >= 0.3 is 0 Å². The van der Waals surface area contributed by atoms with Gasteiger partial charge in [0.1, 0.15) is 5.82 Å². The minimum absolute atomic E-state index is 0.0421. The van der Waals surface area contributed by atoms with Crippen LogP contribution < -0.4 is 4.90 Å². The van der Waals surface area contributed by atoms with Gasteiger partial charge in [-0.25, -0.2) is 4.98 Å². The summed E-state index contributed by atoms with van der Waals surface area (Å²) >= 11 is 7.87. The van der Waals surface area contributed by atoms with Crippen molar-refractivity contribution >= 4 is 29.2 Å². The third-order valence-corrected chi connectivity index (χ3v) is 4.35. The molecular weight excluding hydrogens is 276 g/mol. The number of thioether (sulfide) groups is 1. The maximum atomic E-state index is 6.02. The Morgan fingerprint density at radius 1 is 1.37 bits per heavy atom. The monoisotopic (exact) mass is 300 g/mol. The van der Waals surface area contributed by atoms with Crippen LogP contribution in [0.15, 0.2) is 12.1 Å². The lowest BCUT2D eigenvalue weighted by Crippen LogP contribution is -2.32. The predicted molar refractivity (Wildman–Crippen MR) is 88.7 cm³/mol. The minimum Gasteiger partial charge on any atom is -0.356 e. The second-order valence-electron chi connectivity index (χ2n) is 6.02. The predicted octanol–water partition coefficient (Wildman–Crippen LogP) is 4.31. The van der Waals surface area contributed by atoms with Gasteiger partial charge in [0, 0.05) is 35.8 Å². The van der Waals surface area contributed by atoms with E-state index in [9.17, 15) is 0 Å². The molecule has 1 heterocycles. The molecule has 108 valence electrons. The van der Waals surface area contributed by atoms with Crippen LogP contribution in [0.5, 0.6) is 0 Å². The molecule has 0 fully saturated rings. The molecule has 0 aliphatic heterocycles. The van der Waals surface area contributed by atoms with Crippen LogP contribution in [0.2, 0.25) is 0 Å². The van der Waals surface area contributed by atoms with Crippen molar-refractivity contribution in [3.05, 3.63) is 23.4 Å². The highest BCUT2D eigenvalue weighted by Gasteiger charge is 2.19. The smallest absolute Gasteiger partial charge is 0.129 e. The molecule has 1 aromatic heterocycles. The summed E-state index contributed by atoms with van der Waals surface area (Å²) in [4.78, 5) is 7.05. The first kappa shape index (κ1) is 16.6. The van der Waals surface area contributed by atoms with Gasteiger partial charge < -0.3 is 4.90 Å². The van der Waals surface area contributed by atoms with E-state index in [1.54, 1.807) is 0 Å². The molecule has 0 aliphatic carbocycles. The Morgan fingerprint density at radius 3 is 2.47 bits per heavy atom. The van der Waals surface area contributed by atoms with Gasteiger partial charge in [-0.15, -0.1) is 11.6 Å². The molecule has 0 bridgehead atoms. The molecule has 19 heavy (non-hydrogen) atoms. The number of nitrogens with zero attached hydrogens (tertiary/aromatic N) is 2. The van der Waals surface area contributed by atoms with Gasteiger partial charge in [-0.05, 0) is 30.9 Å². The highest BCUT2D eigenvalue weighted by atomic mass is 35.5. The summed E-state index contributed by atoms with van der Waals surface area (Å²) in [6, 6.07) is 4.67. The number of hydrogen-bond donors (Lipinski definition) is 0. The van der Waals surface area contributed by atoms with Crippen LogP contribution in [0.1, 0.15) is 39.0 Å². The Balaban J connectivity index is 3.13. The van der Waals surface area contributed by atoms with E-state index in [0.29, 0.717) is 11.9 Å². The van der Waals surface area contributed by atoms with E-state index in [2.05, 4.69) is 58.0 Å². The van der Waals surface area contributed by atoms with E-state index < -0.39 is 0 Å². The number of aromatic nitrogens is 1. The number of pyridine rings is 1. The normalized spacial score (nSPS) is 13.4. The third-order valence-electron chi connectivity index (χ3n) is 3.22. The van der Waals surface area contributed by atoms with E-state index in [-0.39, 0.29) is 5.41 Å². The first-order valence-corrected chi connectivity index (χ1v) is 8.51. The topological polar surface area (TPSA) is 16.1 Å². The first-order valence-electron chi connectivity index (χ1n) is 6.58. The summed E-state index contributed by atoms with van der Waals surface area (Å²) in [5, 5.41) is 0. The lowest BCUT2D eigenvalue weighted by molar-refractivity contribution is 0.566. The van der Waals surface area contributed by atoms with Crippen LogP contribution in [-0.2, 0) is 11.3 Å². The standard InChI is InChI=1S/C15H25ClN2S/c1-11(10-19-6)18(5)14-8-12(9-16)7-13(17-14)15(2,3)4/h7-8,11H,9-10H2,1-6H3. The molecule has 1 rings (SSSR count). The molecular formula is C15H25ClN2S. The molecule has 0 amide bonds. The maximum absolute atomic E-state index is 6.02. The molecule has 1 atom stereocenters. The molecule has 0 saturated carbocycles. The van der Waals surface area contributed by atoms with Crippen LogP contribution in [0, 0.1) is 0 Å². The SMILES string of the molecule is CSCC(C)N(C)c1cc(CCl)cc(C(C)(C)C)n1. The Hall–Kier alpha value is -0.410. The second kappa shape index (κ2) is 6.85. The third kappa shape index (κ3) is 4.57. The van der Waals surface area contributed by atoms with Crippen LogP contribution >= 0.6 is 23.4 Å². The van der Waals surface area contributed by atoms with Crippen LogP contribution in [0.4, 0.5) is 5.82 Å². The zero-order valence-corrected chi connectivity index (χ0v) is 14.4. The molecule has 1 unspecified atom stereocenters. The number of rotatable bonds is 5. The van der Waals surface area contributed by atoms with Crippen molar-refractivity contribution in [2.75, 3.05) is 24.0 Å². The zero-order valence-electron chi connectivity index (χ0n) is 12.8. The number of anilines is 1. The number of alkyl halides is 1. The van der Waals surface area contributed by atoms with Crippen molar-refractivity contribution in [2.24, 2.45) is 0 Å². The van der Waals surface area contributed by atoms with Crippen LogP contribution in [-0.4, -0.2) is 30.1 Å². The molecule has 0 aromatic carbocycles. The quantitative estimate of drug-likeness (QED) is 0.754. The van der Waals surface area contributed by atoms with Crippen molar-refractivity contribution in [3.63, 3.8) is 0 Å². The average molecular weight is 301 g/mol. The van der Waals surface area contributed by atoms with E-state index >= 15 is 0 Å². The molecule has 4 heteroatoms. The summed E-state index contributed by atoms with van der Waals surface area (Å²) in [5.41, 5.74) is 2.28. The Morgan fingerprint density at radius 2 is 2.00 bits per heavy atom. The lowest BCUT2D eigenvalue weighted by Gasteiger charge is -2.28. The summed E-state index contributed by atoms with van der Waals surface area (Å²) in [7, 11) is 2.10. The fourth-order valence-electron chi connectivity index (χ4n) is 1.79. The van der Waals surface area contributed by atoms with Crippen molar-refractivity contribution in [1.29, 1.82) is 0 Å². The molecule has 0 N–H and O–H groups in total. The van der Waals surface area contributed by atoms with Crippen molar-refractivity contribution in [3.8, 4) is 0 Å². The maximum Gasteiger partial charge on any atom is 0.129 e. The van der Waals surface area contributed by atoms with Crippen molar-refractivity contribution in [1.82, 2.24) is 4.98 Å². The molecule has 0 spiro atoms. The van der Waals surface area contributed by atoms with Gasteiger partial charge in [-0.3, -0.25) is 0 Å². The van der Waals surface area contributed by atoms with Gasteiger partial charge in [-0.2, -0.15) is 11.8 Å². The molecule has 2 nitrogen and oxygen atoms in total. The number of halogens is 1. The fraction of sp³-hybridized carbons (Fsp3) is 0.667.